The van der Waals surface area contributed by atoms with E-state index in [2.05, 4.69) is 19.0 Å². The molecule has 2 fully saturated rings. The van der Waals surface area contributed by atoms with Gasteiger partial charge in [-0.2, -0.15) is 0 Å². The summed E-state index contributed by atoms with van der Waals surface area (Å²) in [5.74, 6) is 0.506. The first kappa shape index (κ1) is 18.9. The second kappa shape index (κ2) is 7.39. The van der Waals surface area contributed by atoms with E-state index in [9.17, 15) is 9.59 Å². The summed E-state index contributed by atoms with van der Waals surface area (Å²) in [5, 5.41) is 3.99. The van der Waals surface area contributed by atoms with Gasteiger partial charge in [0.1, 0.15) is 6.10 Å². The normalized spacial score (nSPS) is 22.5. The zero-order valence-electron chi connectivity index (χ0n) is 16.2. The third-order valence-corrected chi connectivity index (χ3v) is 5.29. The van der Waals surface area contributed by atoms with Crippen molar-refractivity contribution in [2.75, 3.05) is 33.7 Å². The first-order valence-corrected chi connectivity index (χ1v) is 9.40. The van der Waals surface area contributed by atoms with Crippen LogP contribution in [0.15, 0.2) is 10.6 Å². The highest BCUT2D eigenvalue weighted by atomic mass is 16.6. The molecule has 26 heavy (non-hydrogen) atoms. The van der Waals surface area contributed by atoms with E-state index in [1.54, 1.807) is 11.0 Å². The Kier molecular flexibility index (Phi) is 5.37. The third-order valence-electron chi connectivity index (χ3n) is 5.29. The predicted molar refractivity (Wildman–Crippen MR) is 95.7 cm³/mol. The maximum Gasteiger partial charge on any atom is 0.312 e. The molecule has 2 aliphatic rings. The summed E-state index contributed by atoms with van der Waals surface area (Å²) < 4.78 is 10.8. The minimum absolute atomic E-state index is 0.0485. The Balaban J connectivity index is 1.59. The van der Waals surface area contributed by atoms with Gasteiger partial charge in [0.05, 0.1) is 11.1 Å². The fourth-order valence-corrected chi connectivity index (χ4v) is 3.98. The standard InChI is InChI=1S/C19H29N3O4/c1-13(2)9-14-10-16(26-20-14)17(23)22-7-5-19(6-8-22)11-15(12-21(3)4)25-18(19)24/h10,13,15H,5-9,11-12H2,1-4H3. The molecule has 2 saturated heterocycles. The Morgan fingerprint density at radius 2 is 2.08 bits per heavy atom. The van der Waals surface area contributed by atoms with Crippen molar-refractivity contribution in [2.45, 2.75) is 45.6 Å². The summed E-state index contributed by atoms with van der Waals surface area (Å²) >= 11 is 0. The van der Waals surface area contributed by atoms with E-state index in [1.165, 1.54) is 0 Å². The lowest BCUT2D eigenvalue weighted by Gasteiger charge is -2.36. The average Bonchev–Trinajstić information content (AvgIpc) is 3.12. The van der Waals surface area contributed by atoms with Gasteiger partial charge in [0, 0.05) is 32.1 Å². The van der Waals surface area contributed by atoms with Crippen molar-refractivity contribution in [3.63, 3.8) is 0 Å². The predicted octanol–water partition coefficient (Wildman–Crippen LogP) is 1.97. The van der Waals surface area contributed by atoms with Crippen LogP contribution in [0.3, 0.4) is 0 Å². The summed E-state index contributed by atoms with van der Waals surface area (Å²) in [5.41, 5.74) is 0.379. The monoisotopic (exact) mass is 363 g/mol. The van der Waals surface area contributed by atoms with Crippen molar-refractivity contribution in [2.24, 2.45) is 11.3 Å². The topological polar surface area (TPSA) is 75.9 Å². The molecule has 0 aliphatic carbocycles. The number of likely N-dealkylation sites (N-methyl/N-ethyl adjacent to an activating group) is 1. The molecule has 0 N–H and O–H groups in total. The van der Waals surface area contributed by atoms with Crippen LogP contribution in [0.1, 0.15) is 49.4 Å². The number of esters is 1. The van der Waals surface area contributed by atoms with E-state index in [0.29, 0.717) is 31.8 Å². The largest absolute Gasteiger partial charge is 0.461 e. The molecule has 0 aromatic carbocycles. The highest BCUT2D eigenvalue weighted by Gasteiger charge is 2.51. The third kappa shape index (κ3) is 3.92. The van der Waals surface area contributed by atoms with Gasteiger partial charge in [0.25, 0.3) is 5.91 Å². The van der Waals surface area contributed by atoms with Gasteiger partial charge >= 0.3 is 5.97 Å². The van der Waals surface area contributed by atoms with Crippen molar-refractivity contribution in [1.82, 2.24) is 15.0 Å². The molecule has 7 heteroatoms. The number of aromatic nitrogens is 1. The fraction of sp³-hybridized carbons (Fsp3) is 0.737. The van der Waals surface area contributed by atoms with Crippen molar-refractivity contribution in [3.8, 4) is 0 Å². The molecule has 7 nitrogen and oxygen atoms in total. The molecule has 0 bridgehead atoms. The van der Waals surface area contributed by atoms with Gasteiger partial charge in [0.15, 0.2) is 0 Å². The summed E-state index contributed by atoms with van der Waals surface area (Å²) in [6.07, 6.45) is 2.78. The first-order chi connectivity index (χ1) is 12.3. The lowest BCUT2D eigenvalue weighted by molar-refractivity contribution is -0.150. The minimum Gasteiger partial charge on any atom is -0.461 e. The van der Waals surface area contributed by atoms with Crippen molar-refractivity contribution < 1.29 is 18.8 Å². The second-order valence-electron chi connectivity index (χ2n) is 8.35. The molecule has 144 valence electrons. The van der Waals surface area contributed by atoms with Gasteiger partial charge in [-0.25, -0.2) is 0 Å². The Hall–Kier alpha value is -1.89. The van der Waals surface area contributed by atoms with Gasteiger partial charge < -0.3 is 19.1 Å². The highest BCUT2D eigenvalue weighted by molar-refractivity contribution is 5.91. The Bertz CT molecular complexity index is 659. The van der Waals surface area contributed by atoms with Gasteiger partial charge in [0.2, 0.25) is 5.76 Å². The van der Waals surface area contributed by atoms with Gasteiger partial charge in [-0.15, -0.1) is 0 Å². The van der Waals surface area contributed by atoms with Crippen LogP contribution in [0.5, 0.6) is 0 Å². The highest BCUT2D eigenvalue weighted by Crippen LogP contribution is 2.43. The number of rotatable bonds is 5. The van der Waals surface area contributed by atoms with Crippen LogP contribution in [-0.2, 0) is 16.0 Å². The average molecular weight is 363 g/mol. The molecule has 0 radical (unpaired) electrons. The Morgan fingerprint density at radius 3 is 2.69 bits per heavy atom. The molecule has 3 rings (SSSR count). The number of carbonyl (C=O) groups is 2. The smallest absolute Gasteiger partial charge is 0.312 e. The van der Waals surface area contributed by atoms with E-state index in [1.807, 2.05) is 19.0 Å². The number of nitrogens with zero attached hydrogens (tertiary/aromatic N) is 3. The Morgan fingerprint density at radius 1 is 1.38 bits per heavy atom. The maximum atomic E-state index is 12.7. The Labute approximate surface area is 154 Å². The lowest BCUT2D eigenvalue weighted by Crippen LogP contribution is -2.45. The van der Waals surface area contributed by atoms with Crippen LogP contribution >= 0.6 is 0 Å². The number of carbonyl (C=O) groups excluding carboxylic acids is 2. The van der Waals surface area contributed by atoms with E-state index in [4.69, 9.17) is 9.26 Å². The number of hydrogen-bond acceptors (Lipinski definition) is 6. The maximum absolute atomic E-state index is 12.7. The van der Waals surface area contributed by atoms with E-state index >= 15 is 0 Å². The molecule has 2 aliphatic heterocycles. The molecule has 3 heterocycles. The zero-order chi connectivity index (χ0) is 18.9. The molecule has 1 spiro atoms. The number of amides is 1. The van der Waals surface area contributed by atoms with Crippen molar-refractivity contribution >= 4 is 11.9 Å². The molecule has 1 aromatic rings. The molecule has 0 saturated carbocycles. The molecular formula is C19H29N3O4. The fourth-order valence-electron chi connectivity index (χ4n) is 3.98. The number of ether oxygens (including phenoxy) is 1. The SMILES string of the molecule is CC(C)Cc1cc(C(=O)N2CCC3(CC2)CC(CN(C)C)OC3=O)on1. The summed E-state index contributed by atoms with van der Waals surface area (Å²) in [6.45, 7) is 6.04. The van der Waals surface area contributed by atoms with E-state index < -0.39 is 5.41 Å². The number of hydrogen-bond donors (Lipinski definition) is 0. The van der Waals surface area contributed by atoms with Gasteiger partial charge in [-0.1, -0.05) is 19.0 Å². The molecule has 1 unspecified atom stereocenters. The number of piperidine rings is 1. The van der Waals surface area contributed by atoms with Crippen LogP contribution in [0, 0.1) is 11.3 Å². The van der Waals surface area contributed by atoms with Crippen LogP contribution in [0.2, 0.25) is 0 Å². The molecule has 1 aromatic heterocycles. The summed E-state index contributed by atoms with van der Waals surface area (Å²) in [4.78, 5) is 28.9. The summed E-state index contributed by atoms with van der Waals surface area (Å²) in [7, 11) is 3.95. The van der Waals surface area contributed by atoms with Crippen molar-refractivity contribution in [3.05, 3.63) is 17.5 Å². The number of likely N-dealkylation sites (tertiary alicyclic amines) is 1. The lowest BCUT2D eigenvalue weighted by atomic mass is 9.76. The minimum atomic E-state index is -0.429. The zero-order valence-corrected chi connectivity index (χ0v) is 16.2. The van der Waals surface area contributed by atoms with Crippen LogP contribution < -0.4 is 0 Å². The van der Waals surface area contributed by atoms with Crippen LogP contribution in [0.4, 0.5) is 0 Å². The molecule has 1 atom stereocenters. The van der Waals surface area contributed by atoms with E-state index in [0.717, 1.165) is 25.1 Å². The number of cyclic esters (lactones) is 1. The van der Waals surface area contributed by atoms with Crippen LogP contribution in [0.25, 0.3) is 0 Å². The van der Waals surface area contributed by atoms with Crippen LogP contribution in [-0.4, -0.2) is 66.7 Å². The van der Waals surface area contributed by atoms with Crippen molar-refractivity contribution in [1.29, 1.82) is 0 Å². The molecule has 1 amide bonds. The van der Waals surface area contributed by atoms with E-state index in [-0.39, 0.29) is 23.7 Å². The quantitative estimate of drug-likeness (QED) is 0.745. The summed E-state index contributed by atoms with van der Waals surface area (Å²) in [6, 6.07) is 1.74. The first-order valence-electron chi connectivity index (χ1n) is 9.40. The van der Waals surface area contributed by atoms with Gasteiger partial charge in [-0.05, 0) is 39.3 Å². The second-order valence-corrected chi connectivity index (χ2v) is 8.35. The molecular weight excluding hydrogens is 334 g/mol. The van der Waals surface area contributed by atoms with Gasteiger partial charge in [-0.3, -0.25) is 9.59 Å².